The van der Waals surface area contributed by atoms with E-state index in [4.69, 9.17) is 0 Å². The van der Waals surface area contributed by atoms with Gasteiger partial charge < -0.3 is 0 Å². The van der Waals surface area contributed by atoms with E-state index in [1.54, 1.807) is 12.1 Å². The molecule has 0 saturated heterocycles. The van der Waals surface area contributed by atoms with Gasteiger partial charge in [-0.2, -0.15) is 26.3 Å². The average Bonchev–Trinajstić information content (AvgIpc) is 2.71. The first-order valence-electron chi connectivity index (χ1n) is 9.09. The molecule has 0 amide bonds. The van der Waals surface area contributed by atoms with E-state index < -0.39 is 23.8 Å². The van der Waals surface area contributed by atoms with E-state index in [2.05, 4.69) is 9.98 Å². The highest BCUT2D eigenvalue weighted by molar-refractivity contribution is 6.08. The molecule has 0 atom stereocenters. The van der Waals surface area contributed by atoms with Crippen LogP contribution >= 0.6 is 0 Å². The molecule has 0 spiro atoms. The lowest BCUT2D eigenvalue weighted by Gasteiger charge is -2.14. The maximum Gasteiger partial charge on any atom is 0.433 e. The van der Waals surface area contributed by atoms with Gasteiger partial charge in [0.1, 0.15) is 0 Å². The van der Waals surface area contributed by atoms with Crippen molar-refractivity contribution in [3.05, 3.63) is 95.6 Å². The van der Waals surface area contributed by atoms with Crippen molar-refractivity contribution in [2.24, 2.45) is 9.98 Å². The van der Waals surface area contributed by atoms with E-state index in [9.17, 15) is 26.3 Å². The molecule has 3 rings (SSSR count). The fourth-order valence-electron chi connectivity index (χ4n) is 2.81. The van der Waals surface area contributed by atoms with Gasteiger partial charge in [0.05, 0.1) is 11.4 Å². The van der Waals surface area contributed by atoms with Crippen LogP contribution in [0.4, 0.5) is 37.7 Å². The van der Waals surface area contributed by atoms with Crippen LogP contribution in [-0.2, 0) is 0 Å². The normalized spacial score (nSPS) is 13.4. The third-order valence-corrected chi connectivity index (χ3v) is 4.30. The first-order chi connectivity index (χ1) is 14.6. The first-order valence-corrected chi connectivity index (χ1v) is 9.09. The van der Waals surface area contributed by atoms with E-state index in [0.717, 1.165) is 6.07 Å². The summed E-state index contributed by atoms with van der Waals surface area (Å²) >= 11 is 0. The van der Waals surface area contributed by atoms with E-state index in [1.807, 2.05) is 0 Å². The molecule has 0 heterocycles. The first kappa shape index (κ1) is 22.3. The van der Waals surface area contributed by atoms with Gasteiger partial charge in [0.25, 0.3) is 0 Å². The Hall–Kier alpha value is -3.42. The lowest BCUT2D eigenvalue weighted by Crippen LogP contribution is -2.24. The molecule has 3 aromatic carbocycles. The summed E-state index contributed by atoms with van der Waals surface area (Å²) in [6, 6.07) is 17.8. The maximum atomic E-state index is 13.7. The zero-order chi connectivity index (χ0) is 22.6. The Bertz CT molecular complexity index is 1100. The van der Waals surface area contributed by atoms with Crippen molar-refractivity contribution in [1.29, 1.82) is 0 Å². The maximum absolute atomic E-state index is 13.7. The number of hydrogen-bond acceptors (Lipinski definition) is 2. The van der Waals surface area contributed by atoms with Crippen LogP contribution in [0, 0.1) is 6.92 Å². The van der Waals surface area contributed by atoms with Crippen molar-refractivity contribution < 1.29 is 26.3 Å². The fraction of sp³-hybridized carbons (Fsp3) is 0.130. The van der Waals surface area contributed by atoms with Gasteiger partial charge in [-0.15, -0.1) is 0 Å². The van der Waals surface area contributed by atoms with Gasteiger partial charge in [0, 0.05) is 11.1 Å². The monoisotopic (exact) mass is 434 g/mol. The molecular formula is C23H16F6N2. The molecule has 0 aliphatic rings. The van der Waals surface area contributed by atoms with Gasteiger partial charge in [0.15, 0.2) is 11.4 Å². The van der Waals surface area contributed by atoms with Crippen LogP contribution in [0.15, 0.2) is 88.8 Å². The lowest BCUT2D eigenvalue weighted by atomic mass is 10.0. The smallest absolute Gasteiger partial charge is 0.243 e. The summed E-state index contributed by atoms with van der Waals surface area (Å²) in [4.78, 5) is 7.38. The predicted octanol–water partition coefficient (Wildman–Crippen LogP) is 7.36. The van der Waals surface area contributed by atoms with Crippen molar-refractivity contribution in [3.63, 3.8) is 0 Å². The molecule has 160 valence electrons. The lowest BCUT2D eigenvalue weighted by molar-refractivity contribution is -0.0589. The van der Waals surface area contributed by atoms with Crippen molar-refractivity contribution >= 4 is 22.8 Å². The summed E-state index contributed by atoms with van der Waals surface area (Å²) in [5.74, 6) is 0. The number of aliphatic imine (C=N–C) groups is 2. The number of benzene rings is 3. The molecular weight excluding hydrogens is 418 g/mol. The minimum absolute atomic E-state index is 0.0701. The number of nitrogens with zero attached hydrogens (tertiary/aromatic N) is 2. The van der Waals surface area contributed by atoms with Crippen molar-refractivity contribution in [2.45, 2.75) is 19.3 Å². The van der Waals surface area contributed by atoms with Crippen LogP contribution in [0.5, 0.6) is 0 Å². The van der Waals surface area contributed by atoms with Gasteiger partial charge in [-0.1, -0.05) is 60.7 Å². The quantitative estimate of drug-likeness (QED) is 0.303. The van der Waals surface area contributed by atoms with Crippen LogP contribution in [0.1, 0.15) is 16.7 Å². The standard InChI is InChI=1S/C23H16F6N2/c1-15-12-13-17(21(23(27,28)29)30-18-10-6-3-7-11-18)14-19(15)31-20(22(24,25)26)16-8-4-2-5-9-16/h2-14H,1H3. The van der Waals surface area contributed by atoms with Crippen molar-refractivity contribution in [3.8, 4) is 0 Å². The third kappa shape index (κ3) is 5.59. The molecule has 0 N–H and O–H groups in total. The number of alkyl halides is 6. The third-order valence-electron chi connectivity index (χ3n) is 4.30. The second kappa shape index (κ2) is 8.75. The Balaban J connectivity index is 2.16. The molecule has 0 aliphatic heterocycles. The Labute approximate surface area is 174 Å². The molecule has 0 aromatic heterocycles. The summed E-state index contributed by atoms with van der Waals surface area (Å²) in [5, 5.41) is 0. The summed E-state index contributed by atoms with van der Waals surface area (Å²) in [6.07, 6.45) is -9.62. The van der Waals surface area contributed by atoms with E-state index in [0.29, 0.717) is 5.56 Å². The molecule has 0 saturated carbocycles. The Morgan fingerprint density at radius 3 is 1.68 bits per heavy atom. The van der Waals surface area contributed by atoms with Crippen molar-refractivity contribution in [1.82, 2.24) is 0 Å². The van der Waals surface area contributed by atoms with Gasteiger partial charge in [0.2, 0.25) is 0 Å². The molecule has 8 heteroatoms. The molecule has 0 fully saturated rings. The number of para-hydroxylation sites is 1. The van der Waals surface area contributed by atoms with Gasteiger partial charge in [-0.25, -0.2) is 9.98 Å². The molecule has 3 aromatic rings. The van der Waals surface area contributed by atoms with E-state index in [1.165, 1.54) is 67.6 Å². The summed E-state index contributed by atoms with van der Waals surface area (Å²) in [7, 11) is 0. The number of aryl methyl sites for hydroxylation is 1. The number of rotatable bonds is 4. The summed E-state index contributed by atoms with van der Waals surface area (Å²) < 4.78 is 82.0. The van der Waals surface area contributed by atoms with E-state index >= 15 is 0 Å². The van der Waals surface area contributed by atoms with Gasteiger partial charge >= 0.3 is 12.4 Å². The molecule has 0 bridgehead atoms. The van der Waals surface area contributed by atoms with Crippen LogP contribution < -0.4 is 0 Å². The predicted molar refractivity (Wildman–Crippen MR) is 109 cm³/mol. The zero-order valence-electron chi connectivity index (χ0n) is 16.2. The Morgan fingerprint density at radius 2 is 1.13 bits per heavy atom. The minimum atomic E-state index is -4.82. The molecule has 31 heavy (non-hydrogen) atoms. The van der Waals surface area contributed by atoms with Gasteiger partial charge in [-0.3, -0.25) is 0 Å². The SMILES string of the molecule is Cc1ccc(C(=Nc2ccccc2)C(F)(F)F)cc1N=C(c1ccccc1)C(F)(F)F. The Morgan fingerprint density at radius 1 is 0.613 bits per heavy atom. The highest BCUT2D eigenvalue weighted by atomic mass is 19.4. The number of hydrogen-bond donors (Lipinski definition) is 0. The number of halogens is 6. The van der Waals surface area contributed by atoms with Crippen LogP contribution in [-0.4, -0.2) is 23.8 Å². The molecule has 0 radical (unpaired) electrons. The second-order valence-electron chi connectivity index (χ2n) is 6.62. The molecule has 2 nitrogen and oxygen atoms in total. The minimum Gasteiger partial charge on any atom is -0.243 e. The second-order valence-corrected chi connectivity index (χ2v) is 6.62. The van der Waals surface area contributed by atoms with Gasteiger partial charge in [-0.05, 0) is 30.7 Å². The molecule has 0 aliphatic carbocycles. The Kier molecular flexibility index (Phi) is 6.29. The van der Waals surface area contributed by atoms with Crippen LogP contribution in [0.25, 0.3) is 0 Å². The molecule has 0 unspecified atom stereocenters. The van der Waals surface area contributed by atoms with Crippen LogP contribution in [0.3, 0.4) is 0 Å². The highest BCUT2D eigenvalue weighted by Crippen LogP contribution is 2.31. The van der Waals surface area contributed by atoms with E-state index in [-0.39, 0.29) is 22.5 Å². The van der Waals surface area contributed by atoms with Crippen molar-refractivity contribution in [2.75, 3.05) is 0 Å². The summed E-state index contributed by atoms with van der Waals surface area (Å²) in [6.45, 7) is 1.48. The highest BCUT2D eigenvalue weighted by Gasteiger charge is 2.38. The zero-order valence-corrected chi connectivity index (χ0v) is 16.2. The topological polar surface area (TPSA) is 24.7 Å². The van der Waals surface area contributed by atoms with Crippen LogP contribution in [0.2, 0.25) is 0 Å². The largest absolute Gasteiger partial charge is 0.433 e. The average molecular weight is 434 g/mol. The fourth-order valence-corrected chi connectivity index (χ4v) is 2.81. The summed E-state index contributed by atoms with van der Waals surface area (Å²) in [5.41, 5.74) is -2.84.